The Bertz CT molecular complexity index is 183. The summed E-state index contributed by atoms with van der Waals surface area (Å²) in [5, 5.41) is 4.11. The molecule has 0 saturated carbocycles. The van der Waals surface area contributed by atoms with Crippen molar-refractivity contribution in [3.05, 3.63) is 18.5 Å². The van der Waals surface area contributed by atoms with E-state index in [1.807, 2.05) is 16.9 Å². The molecule has 0 amide bonds. The molecule has 4 heteroatoms. The van der Waals surface area contributed by atoms with Gasteiger partial charge in [0.05, 0.1) is 0 Å². The Morgan fingerprint density at radius 1 is 1.33 bits per heavy atom. The predicted octanol–water partition coefficient (Wildman–Crippen LogP) is 0.517. The van der Waals surface area contributed by atoms with Crippen molar-refractivity contribution < 1.29 is 0 Å². The Labute approximate surface area is 72.7 Å². The van der Waals surface area contributed by atoms with E-state index < -0.39 is 0 Å². The van der Waals surface area contributed by atoms with Crippen molar-refractivity contribution in [2.45, 2.75) is 25.8 Å². The summed E-state index contributed by atoms with van der Waals surface area (Å²) in [7, 11) is 0. The average Bonchev–Trinajstić information content (AvgIpc) is 2.57. The highest BCUT2D eigenvalue weighted by Gasteiger charge is 1.90. The van der Waals surface area contributed by atoms with Gasteiger partial charge in [0.1, 0.15) is 0 Å². The molecular formula is C8H16N4. The van der Waals surface area contributed by atoms with E-state index in [0.29, 0.717) is 0 Å². The van der Waals surface area contributed by atoms with Crippen molar-refractivity contribution in [1.29, 1.82) is 0 Å². The highest BCUT2D eigenvalue weighted by atomic mass is 15.3. The molecule has 0 radical (unpaired) electrons. The number of nitrogens with two attached hydrogens (primary N) is 1. The van der Waals surface area contributed by atoms with E-state index in [1.165, 1.54) is 12.8 Å². The molecule has 1 aromatic rings. The van der Waals surface area contributed by atoms with Gasteiger partial charge in [0.25, 0.3) is 0 Å². The van der Waals surface area contributed by atoms with Gasteiger partial charge in [-0.2, -0.15) is 5.10 Å². The molecule has 0 fully saturated rings. The smallest absolute Gasteiger partial charge is 0.0489 e. The lowest BCUT2D eigenvalue weighted by Gasteiger charge is -2.00. The van der Waals surface area contributed by atoms with Gasteiger partial charge in [0.15, 0.2) is 0 Å². The van der Waals surface area contributed by atoms with Gasteiger partial charge < -0.3 is 0 Å². The SMILES string of the molecule is NNCCCCCn1cccn1. The van der Waals surface area contributed by atoms with Crippen molar-refractivity contribution in [2.75, 3.05) is 6.54 Å². The molecule has 0 aliphatic rings. The lowest BCUT2D eigenvalue weighted by atomic mass is 10.2. The molecule has 0 spiro atoms. The lowest BCUT2D eigenvalue weighted by molar-refractivity contribution is 0.533. The fourth-order valence-corrected chi connectivity index (χ4v) is 1.11. The first-order valence-electron chi connectivity index (χ1n) is 4.34. The molecule has 1 rings (SSSR count). The zero-order valence-electron chi connectivity index (χ0n) is 7.24. The van der Waals surface area contributed by atoms with Crippen LogP contribution in [-0.4, -0.2) is 16.3 Å². The Hall–Kier alpha value is -0.870. The summed E-state index contributed by atoms with van der Waals surface area (Å²) >= 11 is 0. The lowest BCUT2D eigenvalue weighted by Crippen LogP contribution is -2.22. The number of rotatable bonds is 6. The fourth-order valence-electron chi connectivity index (χ4n) is 1.11. The maximum atomic E-state index is 5.14. The van der Waals surface area contributed by atoms with Gasteiger partial charge in [-0.15, -0.1) is 0 Å². The average molecular weight is 168 g/mol. The summed E-state index contributed by atoms with van der Waals surface area (Å²) in [6, 6.07) is 1.95. The van der Waals surface area contributed by atoms with Crippen molar-refractivity contribution >= 4 is 0 Å². The van der Waals surface area contributed by atoms with Crippen LogP contribution in [-0.2, 0) is 6.54 Å². The number of hydrazine groups is 1. The summed E-state index contributed by atoms with van der Waals surface area (Å²) < 4.78 is 1.95. The monoisotopic (exact) mass is 168 g/mol. The Morgan fingerprint density at radius 2 is 2.25 bits per heavy atom. The molecule has 0 bridgehead atoms. The van der Waals surface area contributed by atoms with Crippen LogP contribution in [0.15, 0.2) is 18.5 Å². The third-order valence-corrected chi connectivity index (χ3v) is 1.77. The number of nitrogens with one attached hydrogen (secondary N) is 1. The molecule has 0 saturated heterocycles. The molecule has 4 nitrogen and oxygen atoms in total. The largest absolute Gasteiger partial charge is 0.273 e. The van der Waals surface area contributed by atoms with Crippen LogP contribution in [0.3, 0.4) is 0 Å². The minimum absolute atomic E-state index is 0.902. The van der Waals surface area contributed by atoms with Crippen LogP contribution < -0.4 is 11.3 Å². The molecule has 0 aliphatic heterocycles. The molecule has 1 aromatic heterocycles. The van der Waals surface area contributed by atoms with Gasteiger partial charge in [-0.1, -0.05) is 6.42 Å². The summed E-state index contributed by atoms with van der Waals surface area (Å²) in [6.07, 6.45) is 7.30. The zero-order chi connectivity index (χ0) is 8.65. The highest BCUT2D eigenvalue weighted by molar-refractivity contribution is 4.77. The van der Waals surface area contributed by atoms with Gasteiger partial charge >= 0.3 is 0 Å². The van der Waals surface area contributed by atoms with Crippen molar-refractivity contribution in [1.82, 2.24) is 15.2 Å². The third-order valence-electron chi connectivity index (χ3n) is 1.77. The van der Waals surface area contributed by atoms with Crippen LogP contribution in [0.2, 0.25) is 0 Å². The predicted molar refractivity (Wildman–Crippen MR) is 48.3 cm³/mol. The van der Waals surface area contributed by atoms with E-state index in [0.717, 1.165) is 19.5 Å². The number of unbranched alkanes of at least 4 members (excludes halogenated alkanes) is 2. The summed E-state index contributed by atoms with van der Waals surface area (Å²) in [6.45, 7) is 1.91. The van der Waals surface area contributed by atoms with E-state index >= 15 is 0 Å². The van der Waals surface area contributed by atoms with Gasteiger partial charge in [-0.05, 0) is 18.9 Å². The van der Waals surface area contributed by atoms with E-state index in [9.17, 15) is 0 Å². The summed E-state index contributed by atoms with van der Waals surface area (Å²) in [5.74, 6) is 5.14. The van der Waals surface area contributed by atoms with Crippen LogP contribution in [0.25, 0.3) is 0 Å². The second kappa shape index (κ2) is 5.74. The second-order valence-electron chi connectivity index (χ2n) is 2.78. The van der Waals surface area contributed by atoms with Gasteiger partial charge in [0.2, 0.25) is 0 Å². The van der Waals surface area contributed by atoms with Crippen LogP contribution in [0.4, 0.5) is 0 Å². The van der Waals surface area contributed by atoms with Gasteiger partial charge in [-0.25, -0.2) is 0 Å². The molecule has 12 heavy (non-hydrogen) atoms. The second-order valence-corrected chi connectivity index (χ2v) is 2.78. The Balaban J connectivity index is 1.96. The quantitative estimate of drug-likeness (QED) is 0.370. The summed E-state index contributed by atoms with van der Waals surface area (Å²) in [4.78, 5) is 0. The molecule has 0 atom stereocenters. The zero-order valence-corrected chi connectivity index (χ0v) is 7.24. The molecule has 0 aromatic carbocycles. The standard InChI is InChI=1S/C8H16N4/c9-10-5-2-1-3-7-12-8-4-6-11-12/h4,6,8,10H,1-3,5,7,9H2. The fraction of sp³-hybridized carbons (Fsp3) is 0.625. The Kier molecular flexibility index (Phi) is 4.41. The van der Waals surface area contributed by atoms with E-state index in [4.69, 9.17) is 5.84 Å². The van der Waals surface area contributed by atoms with Crippen LogP contribution in [0.1, 0.15) is 19.3 Å². The first kappa shape index (κ1) is 9.22. The minimum atomic E-state index is 0.902. The Morgan fingerprint density at radius 3 is 2.92 bits per heavy atom. The van der Waals surface area contributed by atoms with Crippen LogP contribution in [0, 0.1) is 0 Å². The number of aryl methyl sites for hydroxylation is 1. The van der Waals surface area contributed by atoms with Crippen molar-refractivity contribution in [3.63, 3.8) is 0 Å². The van der Waals surface area contributed by atoms with Crippen LogP contribution >= 0.6 is 0 Å². The first-order valence-corrected chi connectivity index (χ1v) is 4.34. The number of aromatic nitrogens is 2. The molecular weight excluding hydrogens is 152 g/mol. The maximum Gasteiger partial charge on any atom is 0.0489 e. The van der Waals surface area contributed by atoms with Gasteiger partial charge in [-0.3, -0.25) is 16.0 Å². The van der Waals surface area contributed by atoms with Crippen molar-refractivity contribution in [3.8, 4) is 0 Å². The molecule has 0 unspecified atom stereocenters. The normalized spacial score (nSPS) is 10.4. The highest BCUT2D eigenvalue weighted by Crippen LogP contribution is 1.96. The first-order chi connectivity index (χ1) is 5.93. The molecule has 68 valence electrons. The van der Waals surface area contributed by atoms with Crippen LogP contribution in [0.5, 0.6) is 0 Å². The minimum Gasteiger partial charge on any atom is -0.273 e. The molecule has 1 heterocycles. The number of nitrogens with zero attached hydrogens (tertiary/aromatic N) is 2. The topological polar surface area (TPSA) is 55.9 Å². The third kappa shape index (κ3) is 3.50. The maximum absolute atomic E-state index is 5.14. The van der Waals surface area contributed by atoms with Gasteiger partial charge in [0, 0.05) is 25.5 Å². The number of hydrogen-bond acceptors (Lipinski definition) is 3. The summed E-state index contributed by atoms with van der Waals surface area (Å²) in [5.41, 5.74) is 2.64. The molecule has 0 aliphatic carbocycles. The van der Waals surface area contributed by atoms with E-state index in [-0.39, 0.29) is 0 Å². The van der Waals surface area contributed by atoms with Crippen molar-refractivity contribution in [2.24, 2.45) is 5.84 Å². The van der Waals surface area contributed by atoms with E-state index in [2.05, 4.69) is 10.5 Å². The molecule has 3 N–H and O–H groups in total. The van der Waals surface area contributed by atoms with E-state index in [1.54, 1.807) is 6.20 Å². The number of hydrogen-bond donors (Lipinski definition) is 2.